The molecule has 0 aliphatic carbocycles. The quantitative estimate of drug-likeness (QED) is 0.759. The van der Waals surface area contributed by atoms with Crippen LogP contribution in [-0.2, 0) is 21.4 Å². The summed E-state index contributed by atoms with van der Waals surface area (Å²) in [6.07, 6.45) is 0.588. The minimum absolute atomic E-state index is 0.0831. The molecule has 1 fully saturated rings. The van der Waals surface area contributed by atoms with E-state index in [2.05, 4.69) is 0 Å². The fraction of sp³-hybridized carbons (Fsp3) is 0.235. The molecular formula is C17H15ClFNO4S. The molecule has 0 aromatic heterocycles. The highest BCUT2D eigenvalue weighted by Gasteiger charge is 2.28. The molecule has 0 unspecified atom stereocenters. The van der Waals surface area contributed by atoms with Crippen molar-refractivity contribution in [2.45, 2.75) is 13.0 Å². The first-order valence-electron chi connectivity index (χ1n) is 7.58. The van der Waals surface area contributed by atoms with Gasteiger partial charge in [0.2, 0.25) is 10.0 Å². The monoisotopic (exact) mass is 383 g/mol. The van der Waals surface area contributed by atoms with Crippen molar-refractivity contribution >= 4 is 33.3 Å². The van der Waals surface area contributed by atoms with Crippen LogP contribution < -0.4 is 4.31 Å². The Bertz CT molecular complexity index is 899. The van der Waals surface area contributed by atoms with Crippen molar-refractivity contribution in [1.82, 2.24) is 0 Å². The Morgan fingerprint density at radius 2 is 1.92 bits per heavy atom. The highest BCUT2D eigenvalue weighted by atomic mass is 35.5. The highest BCUT2D eigenvalue weighted by Crippen LogP contribution is 2.24. The maximum absolute atomic E-state index is 13.0. The van der Waals surface area contributed by atoms with Crippen molar-refractivity contribution in [1.29, 1.82) is 0 Å². The minimum atomic E-state index is -3.26. The maximum Gasteiger partial charge on any atom is 0.338 e. The lowest BCUT2D eigenvalue weighted by molar-refractivity contribution is 0.0473. The van der Waals surface area contributed by atoms with E-state index in [0.29, 0.717) is 29.8 Å². The number of hydrogen-bond acceptors (Lipinski definition) is 4. The van der Waals surface area contributed by atoms with Crippen LogP contribution in [0.1, 0.15) is 22.3 Å². The van der Waals surface area contributed by atoms with Gasteiger partial charge in [0.05, 0.1) is 22.0 Å². The van der Waals surface area contributed by atoms with Gasteiger partial charge in [-0.3, -0.25) is 4.31 Å². The zero-order chi connectivity index (χ0) is 18.0. The summed E-state index contributed by atoms with van der Waals surface area (Å²) in [5.74, 6) is -0.904. The fourth-order valence-electron chi connectivity index (χ4n) is 2.56. The Hall–Kier alpha value is -2.12. The third-order valence-electron chi connectivity index (χ3n) is 3.86. The fourth-order valence-corrected chi connectivity index (χ4v) is 4.34. The lowest BCUT2D eigenvalue weighted by atomic mass is 10.2. The summed E-state index contributed by atoms with van der Waals surface area (Å²) >= 11 is 5.89. The molecule has 132 valence electrons. The molecule has 0 atom stereocenters. The van der Waals surface area contributed by atoms with Crippen molar-refractivity contribution in [2.24, 2.45) is 0 Å². The zero-order valence-corrected chi connectivity index (χ0v) is 14.7. The van der Waals surface area contributed by atoms with Crippen molar-refractivity contribution in [2.75, 3.05) is 16.6 Å². The van der Waals surface area contributed by atoms with Crippen LogP contribution in [-0.4, -0.2) is 26.7 Å². The number of anilines is 1. The number of benzene rings is 2. The second-order valence-electron chi connectivity index (χ2n) is 5.60. The van der Waals surface area contributed by atoms with Gasteiger partial charge in [-0.25, -0.2) is 17.6 Å². The van der Waals surface area contributed by atoms with Crippen LogP contribution in [0.25, 0.3) is 0 Å². The number of esters is 1. The Kier molecular flexibility index (Phi) is 4.96. The summed E-state index contributed by atoms with van der Waals surface area (Å²) in [6, 6.07) is 10.0. The van der Waals surface area contributed by atoms with E-state index in [1.54, 1.807) is 12.1 Å². The molecule has 0 amide bonds. The van der Waals surface area contributed by atoms with Crippen molar-refractivity contribution in [3.05, 3.63) is 64.4 Å². The summed E-state index contributed by atoms with van der Waals surface area (Å²) in [7, 11) is -3.26. The second-order valence-corrected chi connectivity index (χ2v) is 8.02. The van der Waals surface area contributed by atoms with Crippen molar-refractivity contribution < 1.29 is 22.3 Å². The van der Waals surface area contributed by atoms with Gasteiger partial charge in [0.15, 0.2) is 0 Å². The molecule has 0 radical (unpaired) electrons. The number of nitrogens with zero attached hydrogens (tertiary/aromatic N) is 1. The van der Waals surface area contributed by atoms with Crippen LogP contribution >= 0.6 is 11.6 Å². The highest BCUT2D eigenvalue weighted by molar-refractivity contribution is 7.93. The first kappa shape index (κ1) is 17.7. The standard InChI is InChI=1S/C17H15ClFNO4S/c18-16-10-14(19)5-2-13(16)11-24-17(21)12-3-6-15(7-4-12)20-8-1-9-25(20,22)23/h2-7,10H,1,8-9,11H2. The topological polar surface area (TPSA) is 63.7 Å². The summed E-state index contributed by atoms with van der Waals surface area (Å²) in [6.45, 7) is 0.357. The molecule has 1 aliphatic rings. The molecule has 2 aromatic rings. The molecule has 8 heteroatoms. The molecule has 1 heterocycles. The number of sulfonamides is 1. The minimum Gasteiger partial charge on any atom is -0.457 e. The van der Waals surface area contributed by atoms with Gasteiger partial charge in [0.1, 0.15) is 12.4 Å². The second kappa shape index (κ2) is 7.01. The molecule has 0 bridgehead atoms. The van der Waals surface area contributed by atoms with Crippen LogP contribution in [0.3, 0.4) is 0 Å². The molecule has 25 heavy (non-hydrogen) atoms. The van der Waals surface area contributed by atoms with Crippen molar-refractivity contribution in [3.8, 4) is 0 Å². The first-order valence-corrected chi connectivity index (χ1v) is 9.57. The van der Waals surface area contributed by atoms with E-state index in [1.807, 2.05) is 0 Å². The van der Waals surface area contributed by atoms with Crippen LogP contribution in [0.5, 0.6) is 0 Å². The predicted molar refractivity (Wildman–Crippen MR) is 92.7 cm³/mol. The number of rotatable bonds is 4. The zero-order valence-electron chi connectivity index (χ0n) is 13.1. The average Bonchev–Trinajstić information content (AvgIpc) is 2.93. The Morgan fingerprint density at radius 3 is 2.52 bits per heavy atom. The Labute approximate surface area is 150 Å². The molecule has 0 N–H and O–H groups in total. The van der Waals surface area contributed by atoms with E-state index < -0.39 is 21.8 Å². The van der Waals surface area contributed by atoms with Crippen molar-refractivity contribution in [3.63, 3.8) is 0 Å². The third-order valence-corrected chi connectivity index (χ3v) is 6.09. The normalized spacial score (nSPS) is 16.0. The molecule has 2 aromatic carbocycles. The lowest BCUT2D eigenvalue weighted by Crippen LogP contribution is -2.25. The van der Waals surface area contributed by atoms with E-state index >= 15 is 0 Å². The van der Waals surface area contributed by atoms with E-state index in [9.17, 15) is 17.6 Å². The van der Waals surface area contributed by atoms with E-state index in [4.69, 9.17) is 16.3 Å². The van der Waals surface area contributed by atoms with E-state index in [1.165, 1.54) is 28.6 Å². The predicted octanol–water partition coefficient (Wildman–Crippen LogP) is 3.38. The largest absolute Gasteiger partial charge is 0.457 e. The summed E-state index contributed by atoms with van der Waals surface area (Å²) in [5.41, 5.74) is 1.31. The van der Waals surface area contributed by atoms with E-state index in [0.717, 1.165) is 6.07 Å². The smallest absolute Gasteiger partial charge is 0.338 e. The molecule has 5 nitrogen and oxygen atoms in total. The number of carbonyl (C=O) groups is 1. The number of ether oxygens (including phenoxy) is 1. The maximum atomic E-state index is 13.0. The van der Waals surface area contributed by atoms with Gasteiger partial charge in [0.25, 0.3) is 0 Å². The van der Waals surface area contributed by atoms with Gasteiger partial charge in [-0.15, -0.1) is 0 Å². The Morgan fingerprint density at radius 1 is 1.20 bits per heavy atom. The van der Waals surface area contributed by atoms with Crippen LogP contribution in [0.4, 0.5) is 10.1 Å². The summed E-state index contributed by atoms with van der Waals surface area (Å²) in [5, 5.41) is 0.183. The first-order chi connectivity index (χ1) is 11.9. The van der Waals surface area contributed by atoms with Gasteiger partial charge in [-0.05, 0) is 42.8 Å². The van der Waals surface area contributed by atoms with Gasteiger partial charge < -0.3 is 4.74 Å². The SMILES string of the molecule is O=C(OCc1ccc(F)cc1Cl)c1ccc(N2CCCS2(=O)=O)cc1. The third kappa shape index (κ3) is 3.93. The van der Waals surface area contributed by atoms with Gasteiger partial charge in [-0.2, -0.15) is 0 Å². The summed E-state index contributed by atoms with van der Waals surface area (Å²) in [4.78, 5) is 12.1. The molecule has 1 aliphatic heterocycles. The number of hydrogen-bond donors (Lipinski definition) is 0. The number of carbonyl (C=O) groups excluding carboxylic acids is 1. The lowest BCUT2D eigenvalue weighted by Gasteiger charge is -2.16. The molecule has 0 saturated carbocycles. The van der Waals surface area contributed by atoms with Crippen LogP contribution in [0.15, 0.2) is 42.5 Å². The van der Waals surface area contributed by atoms with Gasteiger partial charge >= 0.3 is 5.97 Å². The van der Waals surface area contributed by atoms with Gasteiger partial charge in [-0.1, -0.05) is 17.7 Å². The summed E-state index contributed by atoms with van der Waals surface area (Å²) < 4.78 is 43.3. The average molecular weight is 384 g/mol. The molecule has 3 rings (SSSR count). The molecule has 1 saturated heterocycles. The molecular weight excluding hydrogens is 369 g/mol. The van der Waals surface area contributed by atoms with Crippen LogP contribution in [0, 0.1) is 5.82 Å². The molecule has 0 spiro atoms. The van der Waals surface area contributed by atoms with Gasteiger partial charge in [0, 0.05) is 12.1 Å². The number of halogens is 2. The Balaban J connectivity index is 1.67. The van der Waals surface area contributed by atoms with E-state index in [-0.39, 0.29) is 17.4 Å². The van der Waals surface area contributed by atoms with Crippen LogP contribution in [0.2, 0.25) is 5.02 Å².